The maximum Gasteiger partial charge on any atom is 0.273 e. The lowest BCUT2D eigenvalue weighted by atomic mass is 10.2. The van der Waals surface area contributed by atoms with Crippen LogP contribution in [0.1, 0.15) is 23.0 Å². The first-order valence-electron chi connectivity index (χ1n) is 5.75. The first kappa shape index (κ1) is 12.2. The zero-order valence-corrected chi connectivity index (χ0v) is 10.4. The Hall–Kier alpha value is -2.30. The first-order chi connectivity index (χ1) is 8.70. The molecule has 0 radical (unpaired) electrons. The average molecular weight is 245 g/mol. The predicted octanol–water partition coefficient (Wildman–Crippen LogP) is 2.37. The highest BCUT2D eigenvalue weighted by atomic mass is 16.5. The molecule has 18 heavy (non-hydrogen) atoms. The highest BCUT2D eigenvalue weighted by Crippen LogP contribution is 2.16. The zero-order valence-electron chi connectivity index (χ0n) is 10.4. The number of ether oxygens (including phenoxy) is 1. The number of hydrogen-bond acceptors (Lipinski definition) is 3. The second-order valence-corrected chi connectivity index (χ2v) is 3.84. The van der Waals surface area contributed by atoms with Gasteiger partial charge in [0.15, 0.2) is 0 Å². The third kappa shape index (κ3) is 2.68. The zero-order chi connectivity index (χ0) is 13.0. The molecule has 0 atom stereocenters. The van der Waals surface area contributed by atoms with Gasteiger partial charge in [0.1, 0.15) is 11.4 Å². The summed E-state index contributed by atoms with van der Waals surface area (Å²) in [6.07, 6.45) is 1.62. The van der Waals surface area contributed by atoms with Gasteiger partial charge in [-0.25, -0.2) is 0 Å². The molecule has 0 saturated heterocycles. The van der Waals surface area contributed by atoms with E-state index in [4.69, 9.17) is 4.74 Å². The molecule has 1 heterocycles. The summed E-state index contributed by atoms with van der Waals surface area (Å²) in [5.74, 6) is 0.586. The number of H-pyrrole nitrogens is 1. The normalized spacial score (nSPS) is 10.1. The number of aryl methyl sites for hydroxylation is 1. The number of nitrogens with one attached hydrogen (secondary N) is 2. The Kier molecular flexibility index (Phi) is 3.62. The molecule has 2 N–H and O–H groups in total. The number of carbonyl (C=O) groups is 1. The molecule has 5 heteroatoms. The fourth-order valence-corrected chi connectivity index (χ4v) is 1.57. The molecular weight excluding hydrogens is 230 g/mol. The molecule has 0 aliphatic rings. The van der Waals surface area contributed by atoms with Gasteiger partial charge in [-0.15, -0.1) is 0 Å². The quantitative estimate of drug-likeness (QED) is 0.869. The van der Waals surface area contributed by atoms with E-state index < -0.39 is 0 Å². The highest BCUT2D eigenvalue weighted by Gasteiger charge is 2.10. The fourth-order valence-electron chi connectivity index (χ4n) is 1.57. The Morgan fingerprint density at radius 1 is 1.39 bits per heavy atom. The van der Waals surface area contributed by atoms with Gasteiger partial charge in [0.2, 0.25) is 0 Å². The second kappa shape index (κ2) is 5.35. The van der Waals surface area contributed by atoms with Crippen LogP contribution in [0.15, 0.2) is 30.5 Å². The van der Waals surface area contributed by atoms with Crippen LogP contribution in [0.4, 0.5) is 5.69 Å². The van der Waals surface area contributed by atoms with Crippen molar-refractivity contribution in [3.05, 3.63) is 41.7 Å². The van der Waals surface area contributed by atoms with Gasteiger partial charge in [-0.2, -0.15) is 5.10 Å². The van der Waals surface area contributed by atoms with E-state index in [-0.39, 0.29) is 5.91 Å². The number of benzene rings is 1. The van der Waals surface area contributed by atoms with Gasteiger partial charge in [0.25, 0.3) is 5.91 Å². The third-order valence-corrected chi connectivity index (χ3v) is 2.48. The second-order valence-electron chi connectivity index (χ2n) is 3.84. The summed E-state index contributed by atoms with van der Waals surface area (Å²) in [7, 11) is 0. The number of rotatable bonds is 4. The minimum Gasteiger partial charge on any atom is -0.494 e. The van der Waals surface area contributed by atoms with E-state index in [9.17, 15) is 4.79 Å². The monoisotopic (exact) mass is 245 g/mol. The third-order valence-electron chi connectivity index (χ3n) is 2.48. The molecule has 2 rings (SSSR count). The molecule has 0 saturated carbocycles. The Bertz CT molecular complexity index is 531. The van der Waals surface area contributed by atoms with Crippen molar-refractivity contribution in [2.24, 2.45) is 0 Å². The Labute approximate surface area is 105 Å². The summed E-state index contributed by atoms with van der Waals surface area (Å²) in [4.78, 5) is 11.9. The summed E-state index contributed by atoms with van der Waals surface area (Å²) in [5, 5.41) is 9.28. The lowest BCUT2D eigenvalue weighted by molar-refractivity contribution is 0.102. The molecule has 94 valence electrons. The Morgan fingerprint density at radius 3 is 2.67 bits per heavy atom. The van der Waals surface area contributed by atoms with Crippen LogP contribution >= 0.6 is 0 Å². The topological polar surface area (TPSA) is 67.0 Å². The predicted molar refractivity (Wildman–Crippen MR) is 68.9 cm³/mol. The fraction of sp³-hybridized carbons (Fsp3) is 0.231. The van der Waals surface area contributed by atoms with Crippen molar-refractivity contribution in [2.75, 3.05) is 11.9 Å². The Balaban J connectivity index is 2.05. The van der Waals surface area contributed by atoms with Gasteiger partial charge in [-0.1, -0.05) is 0 Å². The van der Waals surface area contributed by atoms with Crippen molar-refractivity contribution in [1.82, 2.24) is 10.2 Å². The van der Waals surface area contributed by atoms with Crippen LogP contribution in [0, 0.1) is 6.92 Å². The minimum atomic E-state index is -0.200. The van der Waals surface area contributed by atoms with Crippen LogP contribution < -0.4 is 10.1 Å². The van der Waals surface area contributed by atoms with Crippen molar-refractivity contribution in [2.45, 2.75) is 13.8 Å². The van der Waals surface area contributed by atoms with Crippen LogP contribution in [-0.4, -0.2) is 22.7 Å². The van der Waals surface area contributed by atoms with Crippen molar-refractivity contribution >= 4 is 11.6 Å². The highest BCUT2D eigenvalue weighted by molar-refractivity contribution is 6.03. The van der Waals surface area contributed by atoms with Gasteiger partial charge in [-0.3, -0.25) is 9.89 Å². The number of amides is 1. The molecule has 0 spiro atoms. The van der Waals surface area contributed by atoms with Gasteiger partial charge in [0, 0.05) is 5.69 Å². The number of aromatic amines is 1. The van der Waals surface area contributed by atoms with E-state index in [1.165, 1.54) is 0 Å². The van der Waals surface area contributed by atoms with Gasteiger partial charge < -0.3 is 10.1 Å². The van der Waals surface area contributed by atoms with Gasteiger partial charge in [0.05, 0.1) is 12.8 Å². The molecule has 5 nitrogen and oxygen atoms in total. The number of nitrogens with zero attached hydrogens (tertiary/aromatic N) is 1. The summed E-state index contributed by atoms with van der Waals surface area (Å²) in [6, 6.07) is 7.24. The molecule has 1 aromatic heterocycles. The van der Waals surface area contributed by atoms with Gasteiger partial charge in [-0.05, 0) is 43.7 Å². The van der Waals surface area contributed by atoms with Crippen molar-refractivity contribution in [1.29, 1.82) is 0 Å². The minimum absolute atomic E-state index is 0.200. The summed E-state index contributed by atoms with van der Waals surface area (Å²) < 4.78 is 5.33. The van der Waals surface area contributed by atoms with Gasteiger partial charge >= 0.3 is 0 Å². The average Bonchev–Trinajstić information content (AvgIpc) is 2.78. The van der Waals surface area contributed by atoms with Crippen LogP contribution in [0.25, 0.3) is 0 Å². The van der Waals surface area contributed by atoms with Crippen molar-refractivity contribution in [3.8, 4) is 5.75 Å². The summed E-state index contributed by atoms with van der Waals surface area (Å²) in [5.41, 5.74) is 2.01. The lowest BCUT2D eigenvalue weighted by Crippen LogP contribution is -2.13. The standard InChI is InChI=1S/C13H15N3O2/c1-3-18-11-6-4-10(5-7-11)15-13(17)12-9(2)8-14-16-12/h4-8H,3H2,1-2H3,(H,14,16)(H,15,17). The molecule has 0 bridgehead atoms. The number of aromatic nitrogens is 2. The molecule has 2 aromatic rings. The van der Waals surface area contributed by atoms with E-state index in [1.807, 2.05) is 26.0 Å². The Morgan fingerprint density at radius 2 is 2.11 bits per heavy atom. The summed E-state index contributed by atoms with van der Waals surface area (Å²) >= 11 is 0. The summed E-state index contributed by atoms with van der Waals surface area (Å²) in [6.45, 7) is 4.38. The van der Waals surface area contributed by atoms with E-state index in [0.717, 1.165) is 17.0 Å². The maximum absolute atomic E-state index is 11.9. The van der Waals surface area contributed by atoms with E-state index in [0.29, 0.717) is 12.3 Å². The van der Waals surface area contributed by atoms with Crippen molar-refractivity contribution < 1.29 is 9.53 Å². The first-order valence-corrected chi connectivity index (χ1v) is 5.75. The molecule has 0 aliphatic heterocycles. The molecule has 0 fully saturated rings. The number of carbonyl (C=O) groups excluding carboxylic acids is 1. The van der Waals surface area contributed by atoms with Crippen LogP contribution in [0.3, 0.4) is 0 Å². The molecule has 0 aliphatic carbocycles. The molecule has 1 aromatic carbocycles. The lowest BCUT2D eigenvalue weighted by Gasteiger charge is -2.06. The van der Waals surface area contributed by atoms with E-state index in [1.54, 1.807) is 18.3 Å². The van der Waals surface area contributed by atoms with Crippen LogP contribution in [0.5, 0.6) is 5.75 Å². The SMILES string of the molecule is CCOc1ccc(NC(=O)c2[nH]ncc2C)cc1. The van der Waals surface area contributed by atoms with E-state index in [2.05, 4.69) is 15.5 Å². The van der Waals surface area contributed by atoms with Crippen LogP contribution in [0.2, 0.25) is 0 Å². The molecule has 1 amide bonds. The van der Waals surface area contributed by atoms with E-state index >= 15 is 0 Å². The number of hydrogen-bond donors (Lipinski definition) is 2. The van der Waals surface area contributed by atoms with Crippen LogP contribution in [-0.2, 0) is 0 Å². The smallest absolute Gasteiger partial charge is 0.273 e. The largest absolute Gasteiger partial charge is 0.494 e. The van der Waals surface area contributed by atoms with Crippen molar-refractivity contribution in [3.63, 3.8) is 0 Å². The molecular formula is C13H15N3O2. The maximum atomic E-state index is 11.9. The number of anilines is 1. The molecule has 0 unspecified atom stereocenters.